The summed E-state index contributed by atoms with van der Waals surface area (Å²) in [5.41, 5.74) is 2.90. The second-order valence-corrected chi connectivity index (χ2v) is 7.87. The minimum absolute atomic E-state index is 0.228. The monoisotopic (exact) mass is 301 g/mol. The summed E-state index contributed by atoms with van der Waals surface area (Å²) in [4.78, 5) is 2.87. The Labute approximate surface area is 133 Å². The molecule has 2 aromatic rings. The summed E-state index contributed by atoms with van der Waals surface area (Å²) in [5.74, 6) is 0. The van der Waals surface area contributed by atoms with Crippen LogP contribution in [0.15, 0.2) is 36.4 Å². The zero-order chi connectivity index (χ0) is 15.5. The molecule has 0 aliphatic carbocycles. The third-order valence-corrected chi connectivity index (χ3v) is 5.24. The normalized spacial score (nSPS) is 13.4. The molecule has 1 nitrogen and oxygen atoms in total. The molecule has 1 heterocycles. The molecule has 1 aromatic carbocycles. The second kappa shape index (κ2) is 6.76. The van der Waals surface area contributed by atoms with E-state index >= 15 is 0 Å². The van der Waals surface area contributed by atoms with E-state index in [9.17, 15) is 0 Å². The maximum atomic E-state index is 3.70. The Hall–Kier alpha value is -1.12. The van der Waals surface area contributed by atoms with Gasteiger partial charge in [-0.1, -0.05) is 57.5 Å². The Morgan fingerprint density at radius 1 is 1.05 bits per heavy atom. The molecular formula is C19H27NS. The van der Waals surface area contributed by atoms with Crippen molar-refractivity contribution in [3.63, 3.8) is 0 Å². The van der Waals surface area contributed by atoms with Crippen LogP contribution in [0.4, 0.5) is 0 Å². The predicted molar refractivity (Wildman–Crippen MR) is 94.3 cm³/mol. The molecule has 0 bridgehead atoms. The van der Waals surface area contributed by atoms with Crippen LogP contribution in [-0.2, 0) is 5.41 Å². The molecule has 0 aliphatic heterocycles. The zero-order valence-corrected chi connectivity index (χ0v) is 14.7. The Bertz CT molecular complexity index is 560. The van der Waals surface area contributed by atoms with E-state index in [1.54, 1.807) is 0 Å². The van der Waals surface area contributed by atoms with Gasteiger partial charge in [-0.05, 0) is 43.0 Å². The van der Waals surface area contributed by atoms with Crippen molar-refractivity contribution in [1.82, 2.24) is 5.32 Å². The van der Waals surface area contributed by atoms with Crippen LogP contribution < -0.4 is 5.32 Å². The Morgan fingerprint density at radius 2 is 1.71 bits per heavy atom. The maximum Gasteiger partial charge on any atom is 0.0671 e. The molecule has 114 valence electrons. The van der Waals surface area contributed by atoms with Crippen LogP contribution in [0.25, 0.3) is 0 Å². The van der Waals surface area contributed by atoms with Gasteiger partial charge in [-0.2, -0.15) is 0 Å². The van der Waals surface area contributed by atoms with Crippen LogP contribution in [0.3, 0.4) is 0 Å². The van der Waals surface area contributed by atoms with Crippen LogP contribution in [0.1, 0.15) is 61.0 Å². The van der Waals surface area contributed by atoms with E-state index in [4.69, 9.17) is 0 Å². The summed E-state index contributed by atoms with van der Waals surface area (Å²) in [5, 5.41) is 3.70. The third-order valence-electron chi connectivity index (χ3n) is 3.66. The van der Waals surface area contributed by atoms with Crippen LogP contribution in [0.2, 0.25) is 0 Å². The van der Waals surface area contributed by atoms with Gasteiger partial charge in [-0.15, -0.1) is 11.3 Å². The summed E-state index contributed by atoms with van der Waals surface area (Å²) >= 11 is 1.93. The summed E-state index contributed by atoms with van der Waals surface area (Å²) in [7, 11) is 0. The summed E-state index contributed by atoms with van der Waals surface area (Å²) in [6.45, 7) is 12.2. The van der Waals surface area contributed by atoms with Crippen molar-refractivity contribution in [2.45, 2.75) is 52.5 Å². The first kappa shape index (κ1) is 16.3. The SMILES string of the molecule is CCCNC(c1ccc(C)cc1)c1ccc(C(C)(C)C)s1. The average molecular weight is 301 g/mol. The molecule has 1 unspecified atom stereocenters. The van der Waals surface area contributed by atoms with Gasteiger partial charge in [0.2, 0.25) is 0 Å². The van der Waals surface area contributed by atoms with Crippen LogP contribution >= 0.6 is 11.3 Å². The first-order valence-corrected chi connectivity index (χ1v) is 8.63. The third kappa shape index (κ3) is 4.18. The van der Waals surface area contributed by atoms with Gasteiger partial charge in [-0.25, -0.2) is 0 Å². The Balaban J connectivity index is 2.31. The molecule has 1 aromatic heterocycles. The van der Waals surface area contributed by atoms with E-state index in [1.165, 1.54) is 20.9 Å². The summed E-state index contributed by atoms with van der Waals surface area (Å²) < 4.78 is 0. The second-order valence-electron chi connectivity index (χ2n) is 6.75. The molecule has 1 atom stereocenters. The molecule has 21 heavy (non-hydrogen) atoms. The topological polar surface area (TPSA) is 12.0 Å². The molecule has 0 amide bonds. The van der Waals surface area contributed by atoms with Crippen molar-refractivity contribution in [2.24, 2.45) is 0 Å². The van der Waals surface area contributed by atoms with Crippen molar-refractivity contribution in [1.29, 1.82) is 0 Å². The summed E-state index contributed by atoms with van der Waals surface area (Å²) in [6.07, 6.45) is 1.15. The Kier molecular flexibility index (Phi) is 5.23. The largest absolute Gasteiger partial charge is 0.306 e. The molecule has 2 rings (SSSR count). The molecule has 0 aliphatic rings. The van der Waals surface area contributed by atoms with Crippen molar-refractivity contribution >= 4 is 11.3 Å². The number of nitrogens with one attached hydrogen (secondary N) is 1. The first-order valence-electron chi connectivity index (χ1n) is 7.82. The highest BCUT2D eigenvalue weighted by Gasteiger charge is 2.20. The molecule has 0 spiro atoms. The smallest absolute Gasteiger partial charge is 0.0671 e. The lowest BCUT2D eigenvalue weighted by Crippen LogP contribution is -2.22. The van der Waals surface area contributed by atoms with Crippen LogP contribution in [0.5, 0.6) is 0 Å². The van der Waals surface area contributed by atoms with Gasteiger partial charge in [-0.3, -0.25) is 0 Å². The van der Waals surface area contributed by atoms with E-state index in [0.29, 0.717) is 6.04 Å². The minimum Gasteiger partial charge on any atom is -0.306 e. The molecule has 0 fully saturated rings. The lowest BCUT2D eigenvalue weighted by atomic mass is 9.95. The highest BCUT2D eigenvalue weighted by molar-refractivity contribution is 7.12. The lowest BCUT2D eigenvalue weighted by molar-refractivity contribution is 0.603. The molecule has 0 radical (unpaired) electrons. The molecular weight excluding hydrogens is 274 g/mol. The van der Waals surface area contributed by atoms with Crippen LogP contribution in [-0.4, -0.2) is 6.54 Å². The van der Waals surface area contributed by atoms with Gasteiger partial charge < -0.3 is 5.32 Å². The molecule has 0 saturated heterocycles. The fourth-order valence-electron chi connectivity index (χ4n) is 2.34. The van der Waals surface area contributed by atoms with E-state index < -0.39 is 0 Å². The average Bonchev–Trinajstić information content (AvgIpc) is 2.91. The lowest BCUT2D eigenvalue weighted by Gasteiger charge is -2.19. The predicted octanol–water partition coefficient (Wildman–Crippen LogP) is 5.44. The van der Waals surface area contributed by atoms with E-state index in [0.717, 1.165) is 13.0 Å². The van der Waals surface area contributed by atoms with E-state index in [-0.39, 0.29) is 5.41 Å². The highest BCUT2D eigenvalue weighted by Crippen LogP contribution is 2.34. The maximum absolute atomic E-state index is 3.70. The first-order chi connectivity index (χ1) is 9.91. The number of rotatable bonds is 5. The number of aryl methyl sites for hydroxylation is 1. The number of thiophene rings is 1. The molecule has 0 saturated carbocycles. The van der Waals surface area contributed by atoms with Crippen molar-refractivity contribution in [3.05, 3.63) is 57.3 Å². The van der Waals surface area contributed by atoms with Crippen molar-refractivity contribution in [2.75, 3.05) is 6.54 Å². The van der Waals surface area contributed by atoms with E-state index in [2.05, 4.69) is 76.3 Å². The number of hydrogen-bond donors (Lipinski definition) is 1. The fourth-order valence-corrected chi connectivity index (χ4v) is 3.51. The van der Waals surface area contributed by atoms with Gasteiger partial charge in [0.15, 0.2) is 0 Å². The number of benzene rings is 1. The Morgan fingerprint density at radius 3 is 2.24 bits per heavy atom. The minimum atomic E-state index is 0.228. The summed E-state index contributed by atoms with van der Waals surface area (Å²) in [6, 6.07) is 13.8. The quantitative estimate of drug-likeness (QED) is 0.775. The molecule has 2 heteroatoms. The van der Waals surface area contributed by atoms with Gasteiger partial charge in [0.1, 0.15) is 0 Å². The fraction of sp³-hybridized carbons (Fsp3) is 0.474. The molecule has 1 N–H and O–H groups in total. The number of hydrogen-bond acceptors (Lipinski definition) is 2. The van der Waals surface area contributed by atoms with Crippen LogP contribution in [0, 0.1) is 6.92 Å². The van der Waals surface area contributed by atoms with Crippen molar-refractivity contribution in [3.8, 4) is 0 Å². The zero-order valence-electron chi connectivity index (χ0n) is 13.9. The van der Waals surface area contributed by atoms with Gasteiger partial charge in [0.25, 0.3) is 0 Å². The van der Waals surface area contributed by atoms with Gasteiger partial charge in [0, 0.05) is 9.75 Å². The van der Waals surface area contributed by atoms with Gasteiger partial charge in [0.05, 0.1) is 6.04 Å². The standard InChI is InChI=1S/C19H27NS/c1-6-13-20-18(15-9-7-14(2)8-10-15)16-11-12-17(21-16)19(3,4)5/h7-12,18,20H,6,13H2,1-5H3. The van der Waals surface area contributed by atoms with Gasteiger partial charge >= 0.3 is 0 Å². The highest BCUT2D eigenvalue weighted by atomic mass is 32.1. The van der Waals surface area contributed by atoms with E-state index in [1.807, 2.05) is 11.3 Å². The van der Waals surface area contributed by atoms with Crippen molar-refractivity contribution < 1.29 is 0 Å².